The zero-order chi connectivity index (χ0) is 13.0. The first kappa shape index (κ1) is 13.4. The van der Waals surface area contributed by atoms with Gasteiger partial charge in [-0.15, -0.1) is 0 Å². The lowest BCUT2D eigenvalue weighted by Gasteiger charge is -2.30. The average molecular weight is 246 g/mol. The van der Waals surface area contributed by atoms with Gasteiger partial charge in [-0.05, 0) is 50.6 Å². The first-order valence-corrected chi connectivity index (χ1v) is 7.15. The molecule has 0 bridgehead atoms. The molecule has 2 unspecified atom stereocenters. The lowest BCUT2D eigenvalue weighted by atomic mass is 9.86. The summed E-state index contributed by atoms with van der Waals surface area (Å²) in [6.45, 7) is 3.39. The molecule has 2 heteroatoms. The maximum Gasteiger partial charge on any atom is 0.0345 e. The Hall–Kier alpha value is -1.02. The molecule has 0 amide bonds. The van der Waals surface area contributed by atoms with Gasteiger partial charge in [-0.25, -0.2) is 0 Å². The monoisotopic (exact) mass is 246 g/mol. The van der Waals surface area contributed by atoms with Crippen molar-refractivity contribution in [3.8, 4) is 0 Å². The molecule has 1 fully saturated rings. The zero-order valence-electron chi connectivity index (χ0n) is 11.9. The number of hydrogen-bond donors (Lipinski definition) is 1. The molecule has 18 heavy (non-hydrogen) atoms. The van der Waals surface area contributed by atoms with E-state index in [0.717, 1.165) is 12.5 Å². The van der Waals surface area contributed by atoms with E-state index in [9.17, 15) is 0 Å². The summed E-state index contributed by atoms with van der Waals surface area (Å²) in [5.74, 6) is 0.802. The Labute approximate surface area is 111 Å². The smallest absolute Gasteiger partial charge is 0.0345 e. The molecule has 1 saturated carbocycles. The number of rotatable bonds is 4. The Morgan fingerprint density at radius 1 is 1.22 bits per heavy atom. The van der Waals surface area contributed by atoms with Gasteiger partial charge in [-0.3, -0.25) is 0 Å². The third kappa shape index (κ3) is 3.74. The summed E-state index contributed by atoms with van der Waals surface area (Å²) >= 11 is 0. The summed E-state index contributed by atoms with van der Waals surface area (Å²) < 4.78 is 0. The molecule has 1 N–H and O–H groups in total. The van der Waals surface area contributed by atoms with Crippen LogP contribution in [-0.4, -0.2) is 25.0 Å². The van der Waals surface area contributed by atoms with Gasteiger partial charge in [0, 0.05) is 18.3 Å². The molecule has 2 atom stereocenters. The molecule has 0 radical (unpaired) electrons. The van der Waals surface area contributed by atoms with Crippen molar-refractivity contribution in [3.05, 3.63) is 29.8 Å². The van der Waals surface area contributed by atoms with Gasteiger partial charge >= 0.3 is 0 Å². The topological polar surface area (TPSA) is 15.3 Å². The van der Waals surface area contributed by atoms with Crippen LogP contribution in [0, 0.1) is 5.92 Å². The van der Waals surface area contributed by atoms with Crippen LogP contribution in [0.15, 0.2) is 24.3 Å². The van der Waals surface area contributed by atoms with Gasteiger partial charge in [-0.1, -0.05) is 31.9 Å². The second-order valence-corrected chi connectivity index (χ2v) is 5.95. The standard InChI is InChI=1S/C16H26N2/c1-13-7-4-5-10-16(13)17-15-9-6-8-14(11-15)12-18(2)3/h6,8-9,11,13,16-17H,4-5,7,10,12H2,1-3H3. The normalized spacial score (nSPS) is 24.2. The van der Waals surface area contributed by atoms with Crippen molar-refractivity contribution in [2.45, 2.75) is 45.2 Å². The molecule has 0 heterocycles. The Bertz CT molecular complexity index is 373. The molecule has 0 aromatic heterocycles. The van der Waals surface area contributed by atoms with Crippen LogP contribution in [0.1, 0.15) is 38.2 Å². The zero-order valence-corrected chi connectivity index (χ0v) is 11.9. The van der Waals surface area contributed by atoms with Crippen LogP contribution < -0.4 is 5.32 Å². The fraction of sp³-hybridized carbons (Fsp3) is 0.625. The molecule has 1 aromatic carbocycles. The summed E-state index contributed by atoms with van der Waals surface area (Å²) in [6.07, 6.45) is 5.47. The van der Waals surface area contributed by atoms with E-state index in [1.54, 1.807) is 0 Å². The quantitative estimate of drug-likeness (QED) is 0.870. The lowest BCUT2D eigenvalue weighted by Crippen LogP contribution is -2.30. The molecule has 0 aliphatic heterocycles. The minimum atomic E-state index is 0.661. The first-order valence-electron chi connectivity index (χ1n) is 7.15. The summed E-state index contributed by atoms with van der Waals surface area (Å²) in [5.41, 5.74) is 2.67. The van der Waals surface area contributed by atoms with Crippen LogP contribution in [0.5, 0.6) is 0 Å². The van der Waals surface area contributed by atoms with Crippen LogP contribution in [0.4, 0.5) is 5.69 Å². The summed E-state index contributed by atoms with van der Waals surface area (Å²) in [4.78, 5) is 2.21. The van der Waals surface area contributed by atoms with E-state index in [2.05, 4.69) is 55.5 Å². The third-order valence-corrected chi connectivity index (χ3v) is 3.89. The molecular weight excluding hydrogens is 220 g/mol. The van der Waals surface area contributed by atoms with Gasteiger partial charge in [0.25, 0.3) is 0 Å². The Balaban J connectivity index is 1.99. The Morgan fingerprint density at radius 2 is 2.00 bits per heavy atom. The van der Waals surface area contributed by atoms with Crippen molar-refractivity contribution < 1.29 is 0 Å². The van der Waals surface area contributed by atoms with E-state index in [1.165, 1.54) is 36.9 Å². The van der Waals surface area contributed by atoms with Gasteiger partial charge in [0.15, 0.2) is 0 Å². The molecular formula is C16H26N2. The maximum absolute atomic E-state index is 3.73. The molecule has 1 aliphatic rings. The molecule has 1 aliphatic carbocycles. The van der Waals surface area contributed by atoms with Crippen molar-refractivity contribution >= 4 is 5.69 Å². The van der Waals surface area contributed by atoms with E-state index in [4.69, 9.17) is 0 Å². The fourth-order valence-corrected chi connectivity index (χ4v) is 2.87. The second-order valence-electron chi connectivity index (χ2n) is 5.95. The fourth-order valence-electron chi connectivity index (χ4n) is 2.87. The highest BCUT2D eigenvalue weighted by Gasteiger charge is 2.20. The molecule has 2 nitrogen and oxygen atoms in total. The predicted molar refractivity (Wildman–Crippen MR) is 78.9 cm³/mol. The average Bonchev–Trinajstić information content (AvgIpc) is 2.32. The van der Waals surface area contributed by atoms with Gasteiger partial charge in [-0.2, -0.15) is 0 Å². The van der Waals surface area contributed by atoms with Gasteiger partial charge in [0.05, 0.1) is 0 Å². The number of benzene rings is 1. The van der Waals surface area contributed by atoms with Crippen molar-refractivity contribution in [1.29, 1.82) is 0 Å². The SMILES string of the molecule is CC1CCCCC1Nc1cccc(CN(C)C)c1. The van der Waals surface area contributed by atoms with E-state index >= 15 is 0 Å². The predicted octanol–water partition coefficient (Wildman–Crippen LogP) is 3.74. The highest BCUT2D eigenvalue weighted by Crippen LogP contribution is 2.27. The van der Waals surface area contributed by atoms with E-state index in [1.807, 2.05) is 0 Å². The van der Waals surface area contributed by atoms with Gasteiger partial charge in [0.2, 0.25) is 0 Å². The molecule has 1 aromatic rings. The maximum atomic E-state index is 3.73. The Morgan fingerprint density at radius 3 is 2.72 bits per heavy atom. The number of nitrogens with one attached hydrogen (secondary N) is 1. The van der Waals surface area contributed by atoms with Crippen LogP contribution in [0.25, 0.3) is 0 Å². The van der Waals surface area contributed by atoms with Gasteiger partial charge in [0.1, 0.15) is 0 Å². The highest BCUT2D eigenvalue weighted by molar-refractivity contribution is 5.46. The van der Waals surface area contributed by atoms with Crippen molar-refractivity contribution in [2.75, 3.05) is 19.4 Å². The molecule has 100 valence electrons. The van der Waals surface area contributed by atoms with E-state index in [0.29, 0.717) is 6.04 Å². The minimum Gasteiger partial charge on any atom is -0.382 e. The summed E-state index contributed by atoms with van der Waals surface area (Å²) in [5, 5.41) is 3.73. The minimum absolute atomic E-state index is 0.661. The Kier molecular flexibility index (Phi) is 4.65. The molecule has 0 saturated heterocycles. The van der Waals surface area contributed by atoms with Gasteiger partial charge < -0.3 is 10.2 Å². The number of anilines is 1. The number of nitrogens with zero attached hydrogens (tertiary/aromatic N) is 1. The first-order chi connectivity index (χ1) is 8.65. The largest absolute Gasteiger partial charge is 0.382 e. The van der Waals surface area contributed by atoms with Crippen LogP contribution >= 0.6 is 0 Å². The van der Waals surface area contributed by atoms with Crippen molar-refractivity contribution in [1.82, 2.24) is 4.90 Å². The lowest BCUT2D eigenvalue weighted by molar-refractivity contribution is 0.349. The third-order valence-electron chi connectivity index (χ3n) is 3.89. The molecule has 0 spiro atoms. The van der Waals surface area contributed by atoms with Crippen LogP contribution in [0.3, 0.4) is 0 Å². The van der Waals surface area contributed by atoms with Crippen LogP contribution in [-0.2, 0) is 6.54 Å². The summed E-state index contributed by atoms with van der Waals surface area (Å²) in [7, 11) is 4.23. The van der Waals surface area contributed by atoms with E-state index in [-0.39, 0.29) is 0 Å². The van der Waals surface area contributed by atoms with Crippen molar-refractivity contribution in [3.63, 3.8) is 0 Å². The second kappa shape index (κ2) is 6.24. The summed E-state index contributed by atoms with van der Waals surface area (Å²) in [6, 6.07) is 9.51. The highest BCUT2D eigenvalue weighted by atomic mass is 15.0. The van der Waals surface area contributed by atoms with Crippen molar-refractivity contribution in [2.24, 2.45) is 5.92 Å². The van der Waals surface area contributed by atoms with Crippen LogP contribution in [0.2, 0.25) is 0 Å². The number of hydrogen-bond acceptors (Lipinski definition) is 2. The molecule has 2 rings (SSSR count). The van der Waals surface area contributed by atoms with E-state index < -0.39 is 0 Å².